The summed E-state index contributed by atoms with van der Waals surface area (Å²) in [6.07, 6.45) is 0.410. The summed E-state index contributed by atoms with van der Waals surface area (Å²) < 4.78 is 9.59. The molecule has 4 heterocycles. The van der Waals surface area contributed by atoms with Crippen molar-refractivity contribution < 1.29 is 28.7 Å². The van der Waals surface area contributed by atoms with E-state index in [0.717, 1.165) is 68.8 Å². The summed E-state index contributed by atoms with van der Waals surface area (Å²) in [4.78, 5) is 72.2. The third kappa shape index (κ3) is 7.84. The molecule has 3 aromatic carbocycles. The van der Waals surface area contributed by atoms with Gasteiger partial charge in [-0.1, -0.05) is 77.9 Å². The number of methoxy groups -OCH3 is 2. The number of benzene rings is 3. The van der Waals surface area contributed by atoms with Gasteiger partial charge in [0, 0.05) is 13.1 Å². The predicted octanol–water partition coefficient (Wildman–Crippen LogP) is 7.35. The van der Waals surface area contributed by atoms with Crippen molar-refractivity contribution in [2.45, 2.75) is 78.6 Å². The van der Waals surface area contributed by atoms with Gasteiger partial charge in [-0.25, -0.2) is 19.6 Å². The third-order valence-corrected chi connectivity index (χ3v) is 11.9. The lowest BCUT2D eigenvalue weighted by Gasteiger charge is -2.31. The maximum Gasteiger partial charge on any atom is 0.407 e. The lowest BCUT2D eigenvalue weighted by atomic mass is 10.00. The summed E-state index contributed by atoms with van der Waals surface area (Å²) in [5, 5.41) is 5.44. The van der Waals surface area contributed by atoms with Crippen molar-refractivity contribution in [3.05, 3.63) is 72.3 Å². The number of nitrogens with one attached hydrogen (secondary N) is 4. The maximum atomic E-state index is 13.8. The Balaban J connectivity index is 1.09. The molecule has 6 atom stereocenters. The van der Waals surface area contributed by atoms with E-state index in [1.807, 2.05) is 49.6 Å². The first-order valence-electron chi connectivity index (χ1n) is 20.2. The van der Waals surface area contributed by atoms with E-state index in [9.17, 15) is 19.2 Å². The quantitative estimate of drug-likeness (QED) is 0.114. The second kappa shape index (κ2) is 16.5. The highest BCUT2D eigenvalue weighted by Crippen LogP contribution is 2.39. The molecule has 0 saturated carbocycles. The average molecular weight is 791 g/mol. The molecule has 2 aromatic heterocycles. The first-order chi connectivity index (χ1) is 27.8. The fourth-order valence-corrected chi connectivity index (χ4v) is 8.53. The molecule has 58 heavy (non-hydrogen) atoms. The van der Waals surface area contributed by atoms with Gasteiger partial charge in [0.25, 0.3) is 0 Å². The number of ether oxygens (including phenoxy) is 2. The first-order valence-corrected chi connectivity index (χ1v) is 20.2. The maximum absolute atomic E-state index is 13.8. The van der Waals surface area contributed by atoms with E-state index in [4.69, 9.17) is 19.4 Å². The number of likely N-dealkylation sites (tertiary alicyclic amines) is 2. The van der Waals surface area contributed by atoms with Gasteiger partial charge in [-0.05, 0) is 83.0 Å². The smallest absolute Gasteiger partial charge is 0.407 e. The number of imidazole rings is 2. The first kappa shape index (κ1) is 40.3. The number of carbonyl (C=O) groups is 4. The number of alkyl carbamates (subject to hydrolysis) is 2. The van der Waals surface area contributed by atoms with Crippen molar-refractivity contribution in [2.24, 2.45) is 23.7 Å². The number of aromatic nitrogens is 4. The Kier molecular flexibility index (Phi) is 11.5. The molecular formula is C44H54N8O6. The van der Waals surface area contributed by atoms with E-state index >= 15 is 0 Å². The van der Waals surface area contributed by atoms with Crippen LogP contribution in [-0.4, -0.2) is 93.1 Å². The lowest BCUT2D eigenvalue weighted by Crippen LogP contribution is -2.51. The van der Waals surface area contributed by atoms with Crippen molar-refractivity contribution in [3.63, 3.8) is 0 Å². The number of hydrogen-bond donors (Lipinski definition) is 4. The topological polar surface area (TPSA) is 175 Å². The van der Waals surface area contributed by atoms with Crippen LogP contribution in [0.1, 0.15) is 78.1 Å². The zero-order valence-corrected chi connectivity index (χ0v) is 34.5. The van der Waals surface area contributed by atoms with Gasteiger partial charge in [-0.2, -0.15) is 0 Å². The van der Waals surface area contributed by atoms with E-state index < -0.39 is 24.3 Å². The second-order valence-corrected chi connectivity index (χ2v) is 16.5. The summed E-state index contributed by atoms with van der Waals surface area (Å²) >= 11 is 0. The Morgan fingerprint density at radius 2 is 0.983 bits per heavy atom. The van der Waals surface area contributed by atoms with Gasteiger partial charge in [0.1, 0.15) is 23.7 Å². The number of hydrogen-bond acceptors (Lipinski definition) is 8. The molecule has 2 saturated heterocycles. The lowest BCUT2D eigenvalue weighted by molar-refractivity contribution is -0.136. The Labute approximate surface area is 338 Å². The van der Waals surface area contributed by atoms with Crippen LogP contribution in [0.5, 0.6) is 0 Å². The monoisotopic (exact) mass is 790 g/mol. The highest BCUT2D eigenvalue weighted by molar-refractivity contribution is 5.88. The summed E-state index contributed by atoms with van der Waals surface area (Å²) in [5.74, 6) is 1.30. The van der Waals surface area contributed by atoms with Gasteiger partial charge in [-0.15, -0.1) is 0 Å². The van der Waals surface area contributed by atoms with E-state index in [0.29, 0.717) is 13.1 Å². The van der Waals surface area contributed by atoms with Crippen LogP contribution in [0.2, 0.25) is 0 Å². The summed E-state index contributed by atoms with van der Waals surface area (Å²) in [5.41, 5.74) is 7.56. The molecule has 14 nitrogen and oxygen atoms in total. The van der Waals surface area contributed by atoms with E-state index in [-0.39, 0.29) is 47.6 Å². The molecule has 7 rings (SSSR count). The molecule has 0 radical (unpaired) electrons. The van der Waals surface area contributed by atoms with Gasteiger partial charge in [0.15, 0.2) is 0 Å². The number of fused-ring (bicyclic) bond motifs is 2. The van der Waals surface area contributed by atoms with Crippen molar-refractivity contribution in [3.8, 4) is 22.3 Å². The molecule has 5 aromatic rings. The Hall–Kier alpha value is -5.92. The van der Waals surface area contributed by atoms with Crippen LogP contribution in [0.4, 0.5) is 9.59 Å². The van der Waals surface area contributed by atoms with Crippen molar-refractivity contribution in [2.75, 3.05) is 27.3 Å². The molecule has 2 aliphatic rings. The summed E-state index contributed by atoms with van der Waals surface area (Å²) in [6.45, 7) is 13.0. The molecular weight excluding hydrogens is 737 g/mol. The summed E-state index contributed by atoms with van der Waals surface area (Å²) in [6, 6.07) is 18.8. The Morgan fingerprint density at radius 3 is 1.33 bits per heavy atom. The highest BCUT2D eigenvalue weighted by atomic mass is 16.5. The average Bonchev–Trinajstić information content (AvgIpc) is 4.01. The third-order valence-electron chi connectivity index (χ3n) is 11.9. The molecule has 4 amide bonds. The van der Waals surface area contributed by atoms with Crippen molar-refractivity contribution in [1.82, 2.24) is 40.4 Å². The minimum absolute atomic E-state index is 0.118. The van der Waals surface area contributed by atoms with Gasteiger partial charge >= 0.3 is 12.2 Å². The van der Waals surface area contributed by atoms with Crippen molar-refractivity contribution in [1.29, 1.82) is 0 Å². The molecule has 14 heteroatoms. The molecule has 4 N–H and O–H groups in total. The number of H-pyrrole nitrogens is 2. The van der Waals surface area contributed by atoms with Crippen LogP contribution >= 0.6 is 0 Å². The predicted molar refractivity (Wildman–Crippen MR) is 221 cm³/mol. The standard InChI is InChI=1S/C44H54N8O6/c1-23(2)35(49-43(55)57-7)41(53)51-19-17-25(5)37(51)39-45-31-15-13-29(21-33(31)47-39)27-9-11-28(12-10-27)30-14-16-32-34(22-30)48-40(46-32)38-26(6)18-20-52(38)42(54)36(24(3)4)50-44(56)58-8/h9-16,21-26,35-38H,17-20H2,1-8H3,(H,45,47)(H,46,48)(H,49,55)(H,50,56)/t25-,26-,35-,36-,37-,38-/m0/s1. The Morgan fingerprint density at radius 1 is 0.621 bits per heavy atom. The van der Waals surface area contributed by atoms with E-state index in [2.05, 4.69) is 83.0 Å². The molecule has 0 unspecified atom stereocenters. The molecule has 2 fully saturated rings. The summed E-state index contributed by atoms with van der Waals surface area (Å²) in [7, 11) is 2.59. The van der Waals surface area contributed by atoms with Gasteiger partial charge < -0.3 is 39.9 Å². The zero-order valence-electron chi connectivity index (χ0n) is 34.5. The number of carbonyl (C=O) groups excluding carboxylic acids is 4. The molecule has 306 valence electrons. The normalized spacial score (nSPS) is 20.5. The SMILES string of the molecule is COC(=O)N[C@H](C(=O)N1CC[C@H](C)[C@H]1c1nc2ccc(-c3ccc(-c4ccc5nc([C@@H]6[C@@H](C)CCN6C(=O)[C@@H](NC(=O)OC)C(C)C)[nH]c5c4)cc3)cc2[nH]1)C(C)C. The minimum atomic E-state index is -0.705. The van der Waals surface area contributed by atoms with Gasteiger partial charge in [0.2, 0.25) is 11.8 Å². The highest BCUT2D eigenvalue weighted by Gasteiger charge is 2.42. The van der Waals surface area contributed by atoms with Crippen LogP contribution < -0.4 is 10.6 Å². The fraction of sp³-hybridized carbons (Fsp3) is 0.455. The fourth-order valence-electron chi connectivity index (χ4n) is 8.53. The zero-order chi connectivity index (χ0) is 41.4. The number of amides is 4. The van der Waals surface area contributed by atoms with Crippen LogP contribution in [0.25, 0.3) is 44.3 Å². The largest absolute Gasteiger partial charge is 0.453 e. The number of aromatic amines is 2. The Bertz CT molecular complexity index is 2150. The second-order valence-electron chi connectivity index (χ2n) is 16.5. The van der Waals surface area contributed by atoms with E-state index in [1.54, 1.807) is 0 Å². The molecule has 0 bridgehead atoms. The van der Waals surface area contributed by atoms with Crippen LogP contribution in [0.3, 0.4) is 0 Å². The number of nitrogens with zero attached hydrogens (tertiary/aromatic N) is 4. The molecule has 0 spiro atoms. The van der Waals surface area contributed by atoms with Gasteiger partial charge in [-0.3, -0.25) is 9.59 Å². The van der Waals surface area contributed by atoms with Gasteiger partial charge in [0.05, 0.1) is 48.4 Å². The van der Waals surface area contributed by atoms with Crippen LogP contribution in [-0.2, 0) is 19.1 Å². The number of rotatable bonds is 10. The van der Waals surface area contributed by atoms with Crippen LogP contribution in [0, 0.1) is 23.7 Å². The van der Waals surface area contributed by atoms with E-state index in [1.165, 1.54) is 14.2 Å². The molecule has 0 aliphatic carbocycles. The van der Waals surface area contributed by atoms with Crippen LogP contribution in [0.15, 0.2) is 60.7 Å². The molecule has 2 aliphatic heterocycles. The van der Waals surface area contributed by atoms with Crippen molar-refractivity contribution >= 4 is 46.1 Å². The minimum Gasteiger partial charge on any atom is -0.453 e.